The lowest BCUT2D eigenvalue weighted by Crippen LogP contribution is -2.38. The van der Waals surface area contributed by atoms with Gasteiger partial charge >= 0.3 is 0 Å². The van der Waals surface area contributed by atoms with Gasteiger partial charge in [-0.15, -0.1) is 21.5 Å². The van der Waals surface area contributed by atoms with E-state index >= 15 is 0 Å². The summed E-state index contributed by atoms with van der Waals surface area (Å²) in [4.78, 5) is 25.4. The number of hydrogen-bond donors (Lipinski definition) is 0. The molecule has 24 heavy (non-hydrogen) atoms. The first-order valence-electron chi connectivity index (χ1n) is 7.88. The number of hydrogen-bond acceptors (Lipinski definition) is 6. The molecule has 0 saturated heterocycles. The lowest BCUT2D eigenvalue weighted by molar-refractivity contribution is 0.0711. The van der Waals surface area contributed by atoms with Crippen molar-refractivity contribution < 1.29 is 4.79 Å². The Kier molecular flexibility index (Phi) is 3.38. The van der Waals surface area contributed by atoms with Crippen molar-refractivity contribution >= 4 is 27.5 Å². The van der Waals surface area contributed by atoms with Gasteiger partial charge in [-0.25, -0.2) is 9.97 Å². The van der Waals surface area contributed by atoms with Gasteiger partial charge in [-0.1, -0.05) is 0 Å². The number of rotatable bonds is 1. The first kappa shape index (κ1) is 15.2. The van der Waals surface area contributed by atoms with Crippen LogP contribution in [0.15, 0.2) is 0 Å². The average Bonchev–Trinajstić information content (AvgIpc) is 3.07. The predicted molar refractivity (Wildman–Crippen MR) is 91.1 cm³/mol. The molecule has 4 rings (SSSR count). The highest BCUT2D eigenvalue weighted by Crippen LogP contribution is 2.32. The van der Waals surface area contributed by atoms with Crippen molar-refractivity contribution in [2.24, 2.45) is 0 Å². The van der Waals surface area contributed by atoms with E-state index in [1.54, 1.807) is 0 Å². The van der Waals surface area contributed by atoms with Gasteiger partial charge in [0, 0.05) is 24.2 Å². The lowest BCUT2D eigenvalue weighted by atomic mass is 10.1. The van der Waals surface area contributed by atoms with E-state index in [1.165, 1.54) is 11.3 Å². The maximum absolute atomic E-state index is 13.0. The molecule has 4 heterocycles. The standard InChI is InChI=1S/C16H18N6OS/c1-8-13-9(2)17-10(3)18-15(13)24-14(8)16(23)21-5-6-22-11(4)19-20-12(22)7-21/h5-7H2,1-4H3. The molecular weight excluding hydrogens is 324 g/mol. The Morgan fingerprint density at radius 1 is 1.08 bits per heavy atom. The van der Waals surface area contributed by atoms with Crippen LogP contribution in [-0.2, 0) is 13.1 Å². The molecule has 0 radical (unpaired) electrons. The molecule has 0 aliphatic carbocycles. The molecule has 3 aromatic rings. The Bertz CT molecular complexity index is 973. The summed E-state index contributed by atoms with van der Waals surface area (Å²) >= 11 is 1.46. The van der Waals surface area contributed by atoms with Crippen LogP contribution in [0.3, 0.4) is 0 Å². The van der Waals surface area contributed by atoms with E-state index in [4.69, 9.17) is 0 Å². The van der Waals surface area contributed by atoms with Crippen molar-refractivity contribution in [3.63, 3.8) is 0 Å². The van der Waals surface area contributed by atoms with Crippen molar-refractivity contribution in [1.29, 1.82) is 0 Å². The van der Waals surface area contributed by atoms with Crippen molar-refractivity contribution in [2.75, 3.05) is 6.54 Å². The first-order chi connectivity index (χ1) is 11.5. The Hall–Kier alpha value is -2.35. The Labute approximate surface area is 143 Å². The molecule has 0 atom stereocenters. The SMILES string of the molecule is Cc1nc(C)c2c(C)c(C(=O)N3CCn4c(C)nnc4C3)sc2n1. The second-order valence-electron chi connectivity index (χ2n) is 6.13. The molecular formula is C16H18N6OS. The number of fused-ring (bicyclic) bond motifs is 2. The molecule has 0 N–H and O–H groups in total. The normalized spacial score (nSPS) is 14.2. The highest BCUT2D eigenvalue weighted by Gasteiger charge is 2.27. The zero-order chi connectivity index (χ0) is 17.0. The summed E-state index contributed by atoms with van der Waals surface area (Å²) in [6, 6.07) is 0. The smallest absolute Gasteiger partial charge is 0.264 e. The average molecular weight is 342 g/mol. The molecule has 7 nitrogen and oxygen atoms in total. The van der Waals surface area contributed by atoms with Gasteiger partial charge in [0.15, 0.2) is 5.82 Å². The van der Waals surface area contributed by atoms with E-state index in [9.17, 15) is 4.79 Å². The second kappa shape index (κ2) is 5.34. The predicted octanol–water partition coefficient (Wildman–Crippen LogP) is 2.17. The fourth-order valence-corrected chi connectivity index (χ4v) is 4.54. The van der Waals surface area contributed by atoms with Gasteiger partial charge in [0.25, 0.3) is 5.91 Å². The number of aromatic nitrogens is 5. The number of thiophene rings is 1. The first-order valence-corrected chi connectivity index (χ1v) is 8.69. The summed E-state index contributed by atoms with van der Waals surface area (Å²) in [6.07, 6.45) is 0. The molecule has 3 aromatic heterocycles. The van der Waals surface area contributed by atoms with Gasteiger partial charge in [0.1, 0.15) is 16.5 Å². The fraction of sp³-hybridized carbons (Fsp3) is 0.438. The van der Waals surface area contributed by atoms with Gasteiger partial charge in [-0.2, -0.15) is 0 Å². The summed E-state index contributed by atoms with van der Waals surface area (Å²) in [7, 11) is 0. The molecule has 0 fully saturated rings. The summed E-state index contributed by atoms with van der Waals surface area (Å²) in [5.41, 5.74) is 1.90. The molecule has 0 unspecified atom stereocenters. The van der Waals surface area contributed by atoms with E-state index in [2.05, 4.69) is 24.7 Å². The van der Waals surface area contributed by atoms with Crippen LogP contribution in [0.5, 0.6) is 0 Å². The quantitative estimate of drug-likeness (QED) is 0.677. The molecule has 1 aliphatic rings. The van der Waals surface area contributed by atoms with Gasteiger partial charge in [-0.05, 0) is 33.3 Å². The second-order valence-corrected chi connectivity index (χ2v) is 7.13. The zero-order valence-electron chi connectivity index (χ0n) is 14.1. The van der Waals surface area contributed by atoms with Gasteiger partial charge < -0.3 is 9.47 Å². The van der Waals surface area contributed by atoms with Crippen LogP contribution in [0, 0.1) is 27.7 Å². The lowest BCUT2D eigenvalue weighted by Gasteiger charge is -2.27. The molecule has 0 bridgehead atoms. The maximum Gasteiger partial charge on any atom is 0.264 e. The van der Waals surface area contributed by atoms with Crippen LogP contribution < -0.4 is 0 Å². The number of carbonyl (C=O) groups excluding carboxylic acids is 1. The van der Waals surface area contributed by atoms with Crippen LogP contribution in [0.1, 0.15) is 38.4 Å². The molecule has 0 aromatic carbocycles. The van der Waals surface area contributed by atoms with E-state index in [0.29, 0.717) is 13.1 Å². The van der Waals surface area contributed by atoms with E-state index in [-0.39, 0.29) is 5.91 Å². The monoisotopic (exact) mass is 342 g/mol. The van der Waals surface area contributed by atoms with Crippen LogP contribution in [-0.4, -0.2) is 42.1 Å². The van der Waals surface area contributed by atoms with Gasteiger partial charge in [0.05, 0.1) is 11.4 Å². The van der Waals surface area contributed by atoms with Crippen molar-refractivity contribution in [3.8, 4) is 0 Å². The van der Waals surface area contributed by atoms with Gasteiger partial charge in [0.2, 0.25) is 0 Å². The Morgan fingerprint density at radius 2 is 1.88 bits per heavy atom. The number of amides is 1. The summed E-state index contributed by atoms with van der Waals surface area (Å²) in [6.45, 7) is 9.67. The minimum absolute atomic E-state index is 0.0412. The molecule has 8 heteroatoms. The topological polar surface area (TPSA) is 76.8 Å². The summed E-state index contributed by atoms with van der Waals surface area (Å²) in [5, 5.41) is 9.28. The minimum Gasteiger partial charge on any atom is -0.329 e. The van der Waals surface area contributed by atoms with E-state index < -0.39 is 0 Å². The van der Waals surface area contributed by atoms with E-state index in [1.807, 2.05) is 32.6 Å². The molecule has 0 spiro atoms. The van der Waals surface area contributed by atoms with Crippen LogP contribution in [0.2, 0.25) is 0 Å². The largest absolute Gasteiger partial charge is 0.329 e. The van der Waals surface area contributed by atoms with Gasteiger partial charge in [-0.3, -0.25) is 4.79 Å². The number of carbonyl (C=O) groups is 1. The zero-order valence-corrected chi connectivity index (χ0v) is 14.9. The van der Waals surface area contributed by atoms with E-state index in [0.717, 1.165) is 50.4 Å². The number of aryl methyl sites for hydroxylation is 4. The summed E-state index contributed by atoms with van der Waals surface area (Å²) in [5.74, 6) is 2.52. The fourth-order valence-electron chi connectivity index (χ4n) is 3.30. The molecule has 124 valence electrons. The van der Waals surface area contributed by atoms with Crippen molar-refractivity contribution in [3.05, 3.63) is 33.6 Å². The molecule has 1 aliphatic heterocycles. The van der Waals surface area contributed by atoms with Crippen molar-refractivity contribution in [2.45, 2.75) is 40.8 Å². The minimum atomic E-state index is 0.0412. The Balaban J connectivity index is 1.72. The highest BCUT2D eigenvalue weighted by molar-refractivity contribution is 7.20. The molecule has 1 amide bonds. The third kappa shape index (κ3) is 2.21. The number of nitrogens with zero attached hydrogens (tertiary/aromatic N) is 6. The highest BCUT2D eigenvalue weighted by atomic mass is 32.1. The van der Waals surface area contributed by atoms with Crippen LogP contribution in [0.25, 0.3) is 10.2 Å². The Morgan fingerprint density at radius 3 is 2.67 bits per heavy atom. The third-order valence-electron chi connectivity index (χ3n) is 4.50. The maximum atomic E-state index is 13.0. The van der Waals surface area contributed by atoms with Crippen molar-refractivity contribution in [1.82, 2.24) is 29.6 Å². The van der Waals surface area contributed by atoms with Crippen LogP contribution in [0.4, 0.5) is 0 Å². The summed E-state index contributed by atoms with van der Waals surface area (Å²) < 4.78 is 2.07. The van der Waals surface area contributed by atoms with Crippen LogP contribution >= 0.6 is 11.3 Å². The third-order valence-corrected chi connectivity index (χ3v) is 5.68. The molecule has 0 saturated carbocycles.